The van der Waals surface area contributed by atoms with E-state index in [1.807, 2.05) is 36.4 Å². The predicted octanol–water partition coefficient (Wildman–Crippen LogP) is 3.42. The van der Waals surface area contributed by atoms with E-state index in [4.69, 9.17) is 16.3 Å². The van der Waals surface area contributed by atoms with Gasteiger partial charge in [-0.05, 0) is 12.1 Å². The molecule has 0 N–H and O–H groups in total. The summed E-state index contributed by atoms with van der Waals surface area (Å²) >= 11 is 5.94. The van der Waals surface area contributed by atoms with Gasteiger partial charge >= 0.3 is 0 Å². The van der Waals surface area contributed by atoms with Crippen LogP contribution in [0.25, 0.3) is 11.4 Å². The molecule has 0 saturated heterocycles. The first-order chi connectivity index (χ1) is 8.83. The Morgan fingerprint density at radius 1 is 1.22 bits per heavy atom. The zero-order chi connectivity index (χ0) is 12.4. The standard InChI is InChI=1S/C14H11ClN2O/c15-12-4-1-3-10(7-12)14-16-8-11(9-17-14)13-5-2-6-18-13/h1-5,7-9,13H,6H2. The Labute approximate surface area is 110 Å². The average Bonchev–Trinajstić information content (AvgIpc) is 2.93. The van der Waals surface area contributed by atoms with Crippen molar-refractivity contribution in [3.05, 3.63) is 59.4 Å². The highest BCUT2D eigenvalue weighted by Gasteiger charge is 2.13. The number of nitrogens with zero attached hydrogens (tertiary/aromatic N) is 2. The van der Waals surface area contributed by atoms with Gasteiger partial charge in [-0.15, -0.1) is 0 Å². The predicted molar refractivity (Wildman–Crippen MR) is 70.3 cm³/mol. The zero-order valence-corrected chi connectivity index (χ0v) is 10.3. The van der Waals surface area contributed by atoms with Crippen LogP contribution in [-0.4, -0.2) is 16.6 Å². The molecule has 90 valence electrons. The lowest BCUT2D eigenvalue weighted by molar-refractivity contribution is 0.129. The number of hydrogen-bond donors (Lipinski definition) is 0. The summed E-state index contributed by atoms with van der Waals surface area (Å²) < 4.78 is 5.49. The molecular weight excluding hydrogens is 248 g/mol. The van der Waals surface area contributed by atoms with Crippen LogP contribution in [0, 0.1) is 0 Å². The maximum Gasteiger partial charge on any atom is 0.159 e. The van der Waals surface area contributed by atoms with E-state index in [1.165, 1.54) is 0 Å². The van der Waals surface area contributed by atoms with Crippen LogP contribution in [0.3, 0.4) is 0 Å². The first kappa shape index (κ1) is 11.4. The first-order valence-corrected chi connectivity index (χ1v) is 6.07. The van der Waals surface area contributed by atoms with Gasteiger partial charge in [0.05, 0.1) is 6.61 Å². The molecule has 0 fully saturated rings. The lowest BCUT2D eigenvalue weighted by atomic mass is 10.2. The zero-order valence-electron chi connectivity index (χ0n) is 9.58. The van der Waals surface area contributed by atoms with Crippen molar-refractivity contribution in [2.24, 2.45) is 0 Å². The van der Waals surface area contributed by atoms with E-state index in [9.17, 15) is 0 Å². The molecule has 0 aliphatic carbocycles. The number of ether oxygens (including phenoxy) is 1. The normalized spacial score (nSPS) is 18.2. The summed E-state index contributed by atoms with van der Waals surface area (Å²) in [6, 6.07) is 7.50. The molecule has 0 saturated carbocycles. The highest BCUT2D eigenvalue weighted by Crippen LogP contribution is 2.24. The van der Waals surface area contributed by atoms with Gasteiger partial charge in [-0.25, -0.2) is 9.97 Å². The van der Waals surface area contributed by atoms with Crippen molar-refractivity contribution in [3.63, 3.8) is 0 Å². The number of rotatable bonds is 2. The average molecular weight is 259 g/mol. The van der Waals surface area contributed by atoms with Gasteiger partial charge in [-0.1, -0.05) is 35.9 Å². The molecule has 3 rings (SSSR count). The van der Waals surface area contributed by atoms with Crippen molar-refractivity contribution in [2.45, 2.75) is 6.10 Å². The lowest BCUT2D eigenvalue weighted by Gasteiger charge is -2.08. The molecule has 1 aliphatic heterocycles. The largest absolute Gasteiger partial charge is 0.365 e. The summed E-state index contributed by atoms with van der Waals surface area (Å²) in [6.45, 7) is 0.653. The summed E-state index contributed by atoms with van der Waals surface area (Å²) in [5, 5.41) is 0.683. The number of hydrogen-bond acceptors (Lipinski definition) is 3. The highest BCUT2D eigenvalue weighted by atomic mass is 35.5. The number of halogens is 1. The minimum absolute atomic E-state index is 0.0154. The fourth-order valence-electron chi connectivity index (χ4n) is 1.86. The summed E-state index contributed by atoms with van der Waals surface area (Å²) in [6.07, 6.45) is 7.58. The van der Waals surface area contributed by atoms with E-state index >= 15 is 0 Å². The summed E-state index contributed by atoms with van der Waals surface area (Å²) in [5.74, 6) is 0.670. The van der Waals surface area contributed by atoms with Gasteiger partial charge < -0.3 is 4.74 Å². The van der Waals surface area contributed by atoms with E-state index in [0.717, 1.165) is 11.1 Å². The van der Waals surface area contributed by atoms with Gasteiger partial charge in [0.1, 0.15) is 6.10 Å². The van der Waals surface area contributed by atoms with Crippen molar-refractivity contribution in [1.82, 2.24) is 9.97 Å². The van der Waals surface area contributed by atoms with Crippen molar-refractivity contribution in [1.29, 1.82) is 0 Å². The topological polar surface area (TPSA) is 35.0 Å². The van der Waals surface area contributed by atoms with Gasteiger partial charge in [0.2, 0.25) is 0 Å². The van der Waals surface area contributed by atoms with Crippen LogP contribution >= 0.6 is 11.6 Å². The Hall–Kier alpha value is -1.71. The Morgan fingerprint density at radius 2 is 2.06 bits per heavy atom. The van der Waals surface area contributed by atoms with E-state index < -0.39 is 0 Å². The fraction of sp³-hybridized carbons (Fsp3) is 0.143. The van der Waals surface area contributed by atoms with Crippen molar-refractivity contribution < 1.29 is 4.74 Å². The minimum atomic E-state index is -0.0154. The molecule has 0 radical (unpaired) electrons. The maximum atomic E-state index is 5.94. The second-order valence-corrected chi connectivity index (χ2v) is 4.47. The summed E-state index contributed by atoms with van der Waals surface area (Å²) in [4.78, 5) is 8.70. The van der Waals surface area contributed by atoms with E-state index in [-0.39, 0.29) is 6.10 Å². The molecule has 4 heteroatoms. The first-order valence-electron chi connectivity index (χ1n) is 5.69. The molecular formula is C14H11ClN2O. The smallest absolute Gasteiger partial charge is 0.159 e. The number of aromatic nitrogens is 2. The van der Waals surface area contributed by atoms with Gasteiger partial charge in [-0.2, -0.15) is 0 Å². The van der Waals surface area contributed by atoms with E-state index in [2.05, 4.69) is 9.97 Å². The van der Waals surface area contributed by atoms with Gasteiger partial charge in [0, 0.05) is 28.5 Å². The van der Waals surface area contributed by atoms with Gasteiger partial charge in [0.25, 0.3) is 0 Å². The summed E-state index contributed by atoms with van der Waals surface area (Å²) in [5.41, 5.74) is 1.88. The second kappa shape index (κ2) is 4.88. The van der Waals surface area contributed by atoms with Crippen LogP contribution in [-0.2, 0) is 4.74 Å². The minimum Gasteiger partial charge on any atom is -0.365 e. The molecule has 1 aromatic carbocycles. The molecule has 0 amide bonds. The van der Waals surface area contributed by atoms with Gasteiger partial charge in [0.15, 0.2) is 5.82 Å². The third-order valence-electron chi connectivity index (χ3n) is 2.77. The van der Waals surface area contributed by atoms with E-state index in [0.29, 0.717) is 17.5 Å². The van der Waals surface area contributed by atoms with Crippen molar-refractivity contribution in [3.8, 4) is 11.4 Å². The second-order valence-electron chi connectivity index (χ2n) is 4.03. The molecule has 3 nitrogen and oxygen atoms in total. The Kier molecular flexibility index (Phi) is 3.09. The molecule has 2 aromatic rings. The van der Waals surface area contributed by atoms with Crippen LogP contribution in [0.15, 0.2) is 48.8 Å². The molecule has 1 unspecified atom stereocenters. The number of benzene rings is 1. The molecule has 1 aromatic heterocycles. The summed E-state index contributed by atoms with van der Waals surface area (Å²) in [7, 11) is 0. The Bertz CT molecular complexity index is 581. The van der Waals surface area contributed by atoms with E-state index in [1.54, 1.807) is 12.4 Å². The monoisotopic (exact) mass is 258 g/mol. The SMILES string of the molecule is Clc1cccc(-c2ncc(C3C=CCO3)cn2)c1. The molecule has 2 heterocycles. The van der Waals surface area contributed by atoms with Crippen LogP contribution < -0.4 is 0 Å². The van der Waals surface area contributed by atoms with Crippen LogP contribution in [0.5, 0.6) is 0 Å². The van der Waals surface area contributed by atoms with Crippen molar-refractivity contribution in [2.75, 3.05) is 6.61 Å². The third-order valence-corrected chi connectivity index (χ3v) is 3.00. The van der Waals surface area contributed by atoms with Crippen molar-refractivity contribution >= 4 is 11.6 Å². The van der Waals surface area contributed by atoms with Gasteiger partial charge in [-0.3, -0.25) is 0 Å². The molecule has 1 aliphatic rings. The van der Waals surface area contributed by atoms with Crippen LogP contribution in [0.2, 0.25) is 5.02 Å². The fourth-order valence-corrected chi connectivity index (χ4v) is 2.05. The lowest BCUT2D eigenvalue weighted by Crippen LogP contribution is -1.99. The molecule has 0 bridgehead atoms. The molecule has 0 spiro atoms. The molecule has 1 atom stereocenters. The quantitative estimate of drug-likeness (QED) is 0.774. The van der Waals surface area contributed by atoms with Crippen LogP contribution in [0.1, 0.15) is 11.7 Å². The van der Waals surface area contributed by atoms with Crippen LogP contribution in [0.4, 0.5) is 0 Å². The highest BCUT2D eigenvalue weighted by molar-refractivity contribution is 6.30. The Balaban J connectivity index is 1.88. The third kappa shape index (κ3) is 2.28. The maximum absolute atomic E-state index is 5.94. The molecule has 18 heavy (non-hydrogen) atoms. The Morgan fingerprint density at radius 3 is 2.72 bits per heavy atom.